The van der Waals surface area contributed by atoms with Crippen LogP contribution in [0.3, 0.4) is 0 Å². The van der Waals surface area contributed by atoms with Crippen LogP contribution in [-0.4, -0.2) is 19.5 Å². The molecule has 1 aliphatic heterocycles. The first kappa shape index (κ1) is 12.8. The van der Waals surface area contributed by atoms with Gasteiger partial charge in [0, 0.05) is 17.5 Å². The normalized spacial score (nSPS) is 21.6. The van der Waals surface area contributed by atoms with E-state index in [0.717, 1.165) is 25.0 Å². The van der Waals surface area contributed by atoms with Crippen LogP contribution in [0.1, 0.15) is 29.3 Å². The van der Waals surface area contributed by atoms with Crippen LogP contribution in [-0.2, 0) is 12.8 Å². The summed E-state index contributed by atoms with van der Waals surface area (Å²) in [5, 5.41) is 0. The molecule has 0 saturated carbocycles. The van der Waals surface area contributed by atoms with Crippen LogP contribution >= 0.6 is 0 Å². The number of aromatic nitrogens is 4. The number of hydrogen-bond donors (Lipinski definition) is 1. The largest absolute Gasteiger partial charge is 0.368 e. The molecule has 2 aromatic heterocycles. The maximum atomic E-state index is 5.72. The van der Waals surface area contributed by atoms with E-state index in [2.05, 4.69) is 43.8 Å². The predicted octanol–water partition coefficient (Wildman–Crippen LogP) is 2.63. The van der Waals surface area contributed by atoms with Crippen molar-refractivity contribution in [1.29, 1.82) is 0 Å². The third kappa shape index (κ3) is 1.82. The van der Waals surface area contributed by atoms with E-state index in [1.807, 2.05) is 18.7 Å². The van der Waals surface area contributed by atoms with E-state index >= 15 is 0 Å². The van der Waals surface area contributed by atoms with Crippen molar-refractivity contribution in [3.8, 4) is 11.3 Å². The van der Waals surface area contributed by atoms with Crippen molar-refractivity contribution in [2.24, 2.45) is 5.92 Å². The Morgan fingerprint density at radius 3 is 3.04 bits per heavy atom. The van der Waals surface area contributed by atoms with E-state index in [4.69, 9.17) is 5.73 Å². The Labute approximate surface area is 134 Å². The molecule has 3 heterocycles. The van der Waals surface area contributed by atoms with Gasteiger partial charge in [0.1, 0.15) is 0 Å². The van der Waals surface area contributed by atoms with Gasteiger partial charge in [-0.05, 0) is 36.3 Å². The molecule has 0 bridgehead atoms. The van der Waals surface area contributed by atoms with E-state index < -0.39 is 0 Å². The zero-order valence-electron chi connectivity index (χ0n) is 12.7. The monoisotopic (exact) mass is 303 g/mol. The lowest BCUT2D eigenvalue weighted by Gasteiger charge is -2.30. The van der Waals surface area contributed by atoms with Gasteiger partial charge in [0.25, 0.3) is 0 Å². The molecule has 2 atom stereocenters. The molecule has 0 radical (unpaired) electrons. The minimum atomic E-state index is 0.356. The maximum absolute atomic E-state index is 5.72. The van der Waals surface area contributed by atoms with Crippen molar-refractivity contribution in [3.05, 3.63) is 59.8 Å². The highest BCUT2D eigenvalue weighted by molar-refractivity contribution is 5.69. The van der Waals surface area contributed by atoms with Gasteiger partial charge >= 0.3 is 0 Å². The Morgan fingerprint density at radius 2 is 2.09 bits per heavy atom. The fourth-order valence-electron chi connectivity index (χ4n) is 4.17. The molecular formula is C18H17N5. The van der Waals surface area contributed by atoms with Crippen molar-refractivity contribution in [3.63, 3.8) is 0 Å². The van der Waals surface area contributed by atoms with Crippen LogP contribution in [0.15, 0.2) is 43.0 Å². The molecule has 0 saturated heterocycles. The minimum absolute atomic E-state index is 0.356. The molecule has 0 spiro atoms. The van der Waals surface area contributed by atoms with Gasteiger partial charge in [0.2, 0.25) is 5.95 Å². The summed E-state index contributed by atoms with van der Waals surface area (Å²) in [6, 6.07) is 9.04. The first-order valence-corrected chi connectivity index (χ1v) is 8.02. The van der Waals surface area contributed by atoms with Gasteiger partial charge in [-0.15, -0.1) is 0 Å². The van der Waals surface area contributed by atoms with Crippen LogP contribution in [0.4, 0.5) is 5.95 Å². The summed E-state index contributed by atoms with van der Waals surface area (Å²) in [6.45, 7) is 0. The van der Waals surface area contributed by atoms with Gasteiger partial charge in [0.05, 0.1) is 24.3 Å². The van der Waals surface area contributed by atoms with Crippen LogP contribution in [0.5, 0.6) is 0 Å². The lowest BCUT2D eigenvalue weighted by molar-refractivity contribution is 0.345. The van der Waals surface area contributed by atoms with Crippen LogP contribution in [0.25, 0.3) is 11.3 Å². The second kappa shape index (κ2) is 4.65. The predicted molar refractivity (Wildman–Crippen MR) is 87.8 cm³/mol. The third-order valence-electron chi connectivity index (χ3n) is 5.17. The first-order valence-electron chi connectivity index (χ1n) is 8.02. The smallest absolute Gasteiger partial charge is 0.220 e. The molecule has 0 amide bonds. The number of fused-ring (bicyclic) bond motifs is 4. The zero-order valence-corrected chi connectivity index (χ0v) is 12.7. The van der Waals surface area contributed by atoms with Gasteiger partial charge < -0.3 is 10.3 Å². The van der Waals surface area contributed by atoms with Gasteiger partial charge in [-0.1, -0.05) is 24.3 Å². The summed E-state index contributed by atoms with van der Waals surface area (Å²) in [4.78, 5) is 12.9. The Hall–Kier alpha value is -2.69. The molecular weight excluding hydrogens is 286 g/mol. The van der Waals surface area contributed by atoms with Crippen molar-refractivity contribution in [2.75, 3.05) is 5.73 Å². The average Bonchev–Trinajstić information content (AvgIpc) is 3.15. The zero-order chi connectivity index (χ0) is 15.4. The number of rotatable bonds is 1. The molecule has 2 aliphatic rings. The molecule has 5 heteroatoms. The van der Waals surface area contributed by atoms with Crippen molar-refractivity contribution >= 4 is 5.95 Å². The Balaban J connectivity index is 1.57. The second-order valence-electron chi connectivity index (χ2n) is 6.42. The Morgan fingerprint density at radius 1 is 1.17 bits per heavy atom. The van der Waals surface area contributed by atoms with Crippen LogP contribution in [0, 0.1) is 5.92 Å². The number of nitrogen functional groups attached to an aromatic ring is 1. The highest BCUT2D eigenvalue weighted by atomic mass is 15.1. The number of aryl methyl sites for hydroxylation is 1. The number of benzene rings is 1. The van der Waals surface area contributed by atoms with Gasteiger partial charge in [-0.3, -0.25) is 0 Å². The number of nitrogens with two attached hydrogens (primary N) is 1. The SMILES string of the molecule is Nc1ncc2c(n1)CCC(C1c3ccccc3-c3cncn31)C2. The molecule has 114 valence electrons. The topological polar surface area (TPSA) is 69.6 Å². The highest BCUT2D eigenvalue weighted by Crippen LogP contribution is 2.46. The lowest BCUT2D eigenvalue weighted by Crippen LogP contribution is -2.25. The third-order valence-corrected chi connectivity index (χ3v) is 5.17. The van der Waals surface area contributed by atoms with Gasteiger partial charge in [-0.25, -0.2) is 15.0 Å². The Bertz CT molecular complexity index is 898. The molecule has 1 aliphatic carbocycles. The molecule has 2 N–H and O–H groups in total. The second-order valence-corrected chi connectivity index (χ2v) is 6.42. The van der Waals surface area contributed by atoms with Crippen molar-refractivity contribution in [1.82, 2.24) is 19.5 Å². The van der Waals surface area contributed by atoms with E-state index in [1.165, 1.54) is 22.4 Å². The van der Waals surface area contributed by atoms with Gasteiger partial charge in [0.15, 0.2) is 0 Å². The fraction of sp³-hybridized carbons (Fsp3) is 0.278. The summed E-state index contributed by atoms with van der Waals surface area (Å²) in [7, 11) is 0. The summed E-state index contributed by atoms with van der Waals surface area (Å²) in [5.74, 6) is 0.914. The first-order chi connectivity index (χ1) is 11.3. The molecule has 5 rings (SSSR count). The Kier molecular flexibility index (Phi) is 2.59. The number of hydrogen-bond acceptors (Lipinski definition) is 4. The summed E-state index contributed by atoms with van der Waals surface area (Å²) in [6.07, 6.45) is 8.91. The highest BCUT2D eigenvalue weighted by Gasteiger charge is 2.36. The molecule has 5 nitrogen and oxygen atoms in total. The number of nitrogens with zero attached hydrogens (tertiary/aromatic N) is 4. The average molecular weight is 303 g/mol. The van der Waals surface area contributed by atoms with Crippen LogP contribution < -0.4 is 5.73 Å². The summed E-state index contributed by atoms with van der Waals surface area (Å²) >= 11 is 0. The van der Waals surface area contributed by atoms with Crippen molar-refractivity contribution < 1.29 is 0 Å². The molecule has 2 unspecified atom stereocenters. The quantitative estimate of drug-likeness (QED) is 0.750. The van der Waals surface area contributed by atoms with E-state index in [1.54, 1.807) is 0 Å². The number of anilines is 1. The lowest BCUT2D eigenvalue weighted by atomic mass is 9.80. The van der Waals surface area contributed by atoms with Gasteiger partial charge in [-0.2, -0.15) is 0 Å². The summed E-state index contributed by atoms with van der Waals surface area (Å²) in [5.41, 5.74) is 12.0. The fourth-order valence-corrected chi connectivity index (χ4v) is 4.17. The molecule has 23 heavy (non-hydrogen) atoms. The van der Waals surface area contributed by atoms with Crippen LogP contribution in [0.2, 0.25) is 0 Å². The molecule has 3 aromatic rings. The van der Waals surface area contributed by atoms with E-state index in [-0.39, 0.29) is 0 Å². The van der Waals surface area contributed by atoms with Crippen molar-refractivity contribution in [2.45, 2.75) is 25.3 Å². The maximum Gasteiger partial charge on any atom is 0.220 e. The number of imidazole rings is 1. The molecule has 0 fully saturated rings. The van der Waals surface area contributed by atoms with E-state index in [0.29, 0.717) is 17.9 Å². The minimum Gasteiger partial charge on any atom is -0.368 e. The summed E-state index contributed by atoms with van der Waals surface area (Å²) < 4.78 is 2.33. The molecule has 1 aromatic carbocycles. The standard InChI is InChI=1S/C18H17N5/c19-18-21-8-12-7-11(5-6-15(12)22-18)17-14-4-2-1-3-13(14)16-9-20-10-23(16)17/h1-4,8-11,17H,5-7H2,(H2,19,21,22). The van der Waals surface area contributed by atoms with E-state index in [9.17, 15) is 0 Å².